The number of carbonyl (C=O) groups excluding carboxylic acids is 1. The molecule has 0 spiro atoms. The third kappa shape index (κ3) is 3.79. The predicted octanol–water partition coefficient (Wildman–Crippen LogP) is 3.77. The van der Waals surface area contributed by atoms with Crippen LogP contribution in [-0.4, -0.2) is 25.3 Å². The van der Waals surface area contributed by atoms with Crippen LogP contribution in [0.1, 0.15) is 28.1 Å². The number of rotatable bonds is 5. The van der Waals surface area contributed by atoms with Crippen LogP contribution in [0, 0.1) is 33.5 Å². The van der Waals surface area contributed by atoms with Crippen molar-refractivity contribution < 1.29 is 9.18 Å². The van der Waals surface area contributed by atoms with Gasteiger partial charge in [0.1, 0.15) is 12.4 Å². The maximum Gasteiger partial charge on any atom is 0.295 e. The molecule has 158 valence electrons. The van der Waals surface area contributed by atoms with E-state index in [2.05, 4.69) is 16.3 Å². The standard InChI is InChI=1S/C24H23FN4O2/c1-14-9-10-21(15(2)11-14)29-17(4)22-16(3)26-28(24(31)23(22)27-29)13-19(30)12-18-7-5-6-8-20(18)25/h5-11H,12-13H2,1-4H3. The van der Waals surface area contributed by atoms with Crippen LogP contribution >= 0.6 is 0 Å². The van der Waals surface area contributed by atoms with Crippen LogP contribution in [0.4, 0.5) is 4.39 Å². The van der Waals surface area contributed by atoms with Crippen molar-refractivity contribution >= 4 is 16.7 Å². The lowest BCUT2D eigenvalue weighted by molar-refractivity contribution is -0.119. The number of halogens is 1. The van der Waals surface area contributed by atoms with Gasteiger partial charge in [-0.05, 0) is 51.0 Å². The second-order valence-electron chi connectivity index (χ2n) is 7.87. The van der Waals surface area contributed by atoms with Gasteiger partial charge in [-0.3, -0.25) is 9.59 Å². The second-order valence-corrected chi connectivity index (χ2v) is 7.87. The van der Waals surface area contributed by atoms with E-state index in [0.29, 0.717) is 16.6 Å². The zero-order valence-corrected chi connectivity index (χ0v) is 17.9. The van der Waals surface area contributed by atoms with Gasteiger partial charge in [-0.15, -0.1) is 0 Å². The lowest BCUT2D eigenvalue weighted by Gasteiger charge is -2.09. The van der Waals surface area contributed by atoms with Crippen molar-refractivity contribution in [3.63, 3.8) is 0 Å². The number of aromatic nitrogens is 4. The molecule has 4 rings (SSSR count). The number of hydrogen-bond acceptors (Lipinski definition) is 4. The van der Waals surface area contributed by atoms with E-state index in [1.807, 2.05) is 32.9 Å². The van der Waals surface area contributed by atoms with E-state index in [9.17, 15) is 14.0 Å². The molecule has 0 saturated heterocycles. The Balaban J connectivity index is 1.74. The highest BCUT2D eigenvalue weighted by molar-refractivity contribution is 5.84. The summed E-state index contributed by atoms with van der Waals surface area (Å²) in [4.78, 5) is 25.6. The van der Waals surface area contributed by atoms with Crippen LogP contribution in [0.2, 0.25) is 0 Å². The number of nitrogens with zero attached hydrogens (tertiary/aromatic N) is 4. The molecule has 0 atom stereocenters. The summed E-state index contributed by atoms with van der Waals surface area (Å²) < 4.78 is 16.7. The Kier molecular flexibility index (Phi) is 5.27. The largest absolute Gasteiger partial charge is 0.297 e. The van der Waals surface area contributed by atoms with Gasteiger partial charge in [0.05, 0.1) is 22.5 Å². The first kappa shape index (κ1) is 20.7. The lowest BCUT2D eigenvalue weighted by atomic mass is 10.1. The molecular formula is C24H23FN4O2. The number of aryl methyl sites for hydroxylation is 4. The summed E-state index contributed by atoms with van der Waals surface area (Å²) in [5.74, 6) is -0.741. The van der Waals surface area contributed by atoms with E-state index in [-0.39, 0.29) is 24.3 Å². The molecule has 0 unspecified atom stereocenters. The first-order chi connectivity index (χ1) is 14.8. The molecule has 0 amide bonds. The average Bonchev–Trinajstić information content (AvgIpc) is 3.05. The summed E-state index contributed by atoms with van der Waals surface area (Å²) in [6.07, 6.45) is -0.103. The molecule has 0 N–H and O–H groups in total. The molecule has 0 aliphatic carbocycles. The summed E-state index contributed by atoms with van der Waals surface area (Å²) in [5.41, 5.74) is 4.63. The maximum atomic E-state index is 13.9. The molecule has 0 aliphatic heterocycles. The fraction of sp³-hybridized carbons (Fsp3) is 0.250. The first-order valence-electron chi connectivity index (χ1n) is 10.1. The predicted molar refractivity (Wildman–Crippen MR) is 117 cm³/mol. The molecule has 0 radical (unpaired) electrons. The Labute approximate surface area is 178 Å². The fourth-order valence-corrected chi connectivity index (χ4v) is 3.95. The Morgan fingerprint density at radius 2 is 1.77 bits per heavy atom. The molecule has 0 fully saturated rings. The van der Waals surface area contributed by atoms with Crippen LogP contribution in [0.15, 0.2) is 47.3 Å². The van der Waals surface area contributed by atoms with Crippen LogP contribution in [0.25, 0.3) is 16.6 Å². The van der Waals surface area contributed by atoms with E-state index >= 15 is 0 Å². The molecule has 2 aromatic heterocycles. The molecule has 0 saturated carbocycles. The molecular weight excluding hydrogens is 395 g/mol. The number of Topliss-reactive ketones (excluding diaryl/α,β-unsaturated/α-hetero) is 1. The van der Waals surface area contributed by atoms with Crippen LogP contribution in [-0.2, 0) is 17.8 Å². The van der Waals surface area contributed by atoms with E-state index in [4.69, 9.17) is 0 Å². The Morgan fingerprint density at radius 3 is 2.48 bits per heavy atom. The van der Waals surface area contributed by atoms with E-state index in [1.54, 1.807) is 29.8 Å². The van der Waals surface area contributed by atoms with Gasteiger partial charge in [0.2, 0.25) is 0 Å². The van der Waals surface area contributed by atoms with Crippen molar-refractivity contribution in [1.29, 1.82) is 0 Å². The van der Waals surface area contributed by atoms with Gasteiger partial charge >= 0.3 is 0 Å². The van der Waals surface area contributed by atoms with Crippen molar-refractivity contribution in [1.82, 2.24) is 19.6 Å². The molecule has 7 heteroatoms. The number of hydrogen-bond donors (Lipinski definition) is 0. The van der Waals surface area contributed by atoms with Gasteiger partial charge in [0.25, 0.3) is 5.56 Å². The summed E-state index contributed by atoms with van der Waals surface area (Å²) in [7, 11) is 0. The first-order valence-corrected chi connectivity index (χ1v) is 10.1. The van der Waals surface area contributed by atoms with Crippen molar-refractivity contribution in [2.45, 2.75) is 40.7 Å². The van der Waals surface area contributed by atoms with Crippen LogP contribution in [0.5, 0.6) is 0 Å². The Bertz CT molecular complexity index is 1380. The number of fused-ring (bicyclic) bond motifs is 1. The summed E-state index contributed by atoms with van der Waals surface area (Å²) in [5, 5.41) is 9.60. The summed E-state index contributed by atoms with van der Waals surface area (Å²) >= 11 is 0. The van der Waals surface area contributed by atoms with Crippen molar-refractivity contribution in [2.24, 2.45) is 0 Å². The van der Waals surface area contributed by atoms with Gasteiger partial charge in [-0.2, -0.15) is 10.2 Å². The summed E-state index contributed by atoms with van der Waals surface area (Å²) in [6, 6.07) is 12.2. The number of ketones is 1. The molecule has 6 nitrogen and oxygen atoms in total. The van der Waals surface area contributed by atoms with E-state index in [0.717, 1.165) is 27.2 Å². The SMILES string of the molecule is Cc1ccc(-n2nc3c(=O)n(CC(=O)Cc4ccccc4F)nc(C)c3c2C)c(C)c1. The molecule has 2 aromatic carbocycles. The van der Waals surface area contributed by atoms with Crippen LogP contribution in [0.3, 0.4) is 0 Å². The Hall–Kier alpha value is -3.61. The topological polar surface area (TPSA) is 69.8 Å². The summed E-state index contributed by atoms with van der Waals surface area (Å²) in [6.45, 7) is 7.48. The minimum absolute atomic E-state index is 0.103. The quantitative estimate of drug-likeness (QED) is 0.495. The van der Waals surface area contributed by atoms with Gasteiger partial charge in [-0.1, -0.05) is 35.9 Å². The van der Waals surface area contributed by atoms with Gasteiger partial charge in [0, 0.05) is 6.42 Å². The highest BCUT2D eigenvalue weighted by atomic mass is 19.1. The van der Waals surface area contributed by atoms with Crippen molar-refractivity contribution in [3.8, 4) is 5.69 Å². The molecule has 2 heterocycles. The zero-order chi connectivity index (χ0) is 22.3. The Morgan fingerprint density at radius 1 is 1.03 bits per heavy atom. The minimum Gasteiger partial charge on any atom is -0.297 e. The third-order valence-corrected chi connectivity index (χ3v) is 5.44. The van der Waals surface area contributed by atoms with Crippen molar-refractivity contribution in [2.75, 3.05) is 0 Å². The van der Waals surface area contributed by atoms with Gasteiger partial charge < -0.3 is 0 Å². The average molecular weight is 418 g/mol. The molecule has 31 heavy (non-hydrogen) atoms. The third-order valence-electron chi connectivity index (χ3n) is 5.44. The van der Waals surface area contributed by atoms with Gasteiger partial charge in [0.15, 0.2) is 11.3 Å². The van der Waals surface area contributed by atoms with E-state index in [1.165, 1.54) is 6.07 Å². The highest BCUT2D eigenvalue weighted by Gasteiger charge is 2.19. The maximum absolute atomic E-state index is 13.9. The minimum atomic E-state index is -0.439. The second kappa shape index (κ2) is 7.91. The fourth-order valence-electron chi connectivity index (χ4n) is 3.95. The molecule has 4 aromatic rings. The zero-order valence-electron chi connectivity index (χ0n) is 17.9. The smallest absolute Gasteiger partial charge is 0.295 e. The van der Waals surface area contributed by atoms with E-state index < -0.39 is 11.4 Å². The van der Waals surface area contributed by atoms with Crippen molar-refractivity contribution in [3.05, 3.63) is 86.7 Å². The van der Waals surface area contributed by atoms with Crippen LogP contribution < -0.4 is 5.56 Å². The normalized spacial score (nSPS) is 11.3. The molecule has 0 bridgehead atoms. The lowest BCUT2D eigenvalue weighted by Crippen LogP contribution is -2.28. The monoisotopic (exact) mass is 418 g/mol. The molecule has 0 aliphatic rings. The number of benzene rings is 2. The highest BCUT2D eigenvalue weighted by Crippen LogP contribution is 2.23. The number of carbonyl (C=O) groups is 1. The van der Waals surface area contributed by atoms with Gasteiger partial charge in [-0.25, -0.2) is 13.8 Å².